The topological polar surface area (TPSA) is 94.0 Å². The van der Waals surface area contributed by atoms with Gasteiger partial charge in [0, 0.05) is 7.05 Å². The van der Waals surface area contributed by atoms with Crippen LogP contribution >= 0.6 is 0 Å². The second kappa shape index (κ2) is 4.49. The lowest BCUT2D eigenvalue weighted by Gasteiger charge is -2.09. The summed E-state index contributed by atoms with van der Waals surface area (Å²) in [7, 11) is 1.84. The predicted molar refractivity (Wildman–Crippen MR) is 64.2 cm³/mol. The molecule has 0 radical (unpaired) electrons. The molecule has 2 aromatic heterocycles. The number of imidazole rings is 1. The molecule has 7 nitrogen and oxygen atoms in total. The molecule has 0 spiro atoms. The fraction of sp³-hybridized carbons (Fsp3) is 0.500. The highest BCUT2D eigenvalue weighted by atomic mass is 16.5. The number of hydrogen-bond acceptors (Lipinski definition) is 5. The standard InChI is InChI=1S/C12H14N4O3/c1-16-6-13-5-9(16)10-14-11(19-15-10)7-3-2-4-8(7)12(17)18/h5-8H,2-4H2,1H3,(H,17,18). The van der Waals surface area contributed by atoms with Gasteiger partial charge in [0.15, 0.2) is 0 Å². The molecule has 1 fully saturated rings. The Morgan fingerprint density at radius 2 is 2.37 bits per heavy atom. The second-order valence-electron chi connectivity index (χ2n) is 4.83. The van der Waals surface area contributed by atoms with Crippen molar-refractivity contribution in [2.75, 3.05) is 0 Å². The average molecular weight is 262 g/mol. The first kappa shape index (κ1) is 11.9. The first-order valence-corrected chi connectivity index (χ1v) is 6.20. The van der Waals surface area contributed by atoms with Gasteiger partial charge in [0.05, 0.1) is 24.4 Å². The number of aryl methyl sites for hydroxylation is 1. The summed E-state index contributed by atoms with van der Waals surface area (Å²) in [6.45, 7) is 0. The number of rotatable bonds is 3. The monoisotopic (exact) mass is 262 g/mol. The molecular formula is C12H14N4O3. The van der Waals surface area contributed by atoms with E-state index in [4.69, 9.17) is 4.52 Å². The van der Waals surface area contributed by atoms with Gasteiger partial charge in [0.25, 0.3) is 0 Å². The molecule has 3 rings (SSSR count). The first-order chi connectivity index (χ1) is 9.16. The maximum atomic E-state index is 11.2. The van der Waals surface area contributed by atoms with Crippen molar-refractivity contribution in [1.29, 1.82) is 0 Å². The van der Waals surface area contributed by atoms with Crippen molar-refractivity contribution in [2.24, 2.45) is 13.0 Å². The van der Waals surface area contributed by atoms with Gasteiger partial charge in [-0.05, 0) is 12.8 Å². The van der Waals surface area contributed by atoms with Crippen LogP contribution < -0.4 is 0 Å². The lowest BCUT2D eigenvalue weighted by atomic mass is 9.96. The minimum atomic E-state index is -0.789. The Labute approximate surface area is 109 Å². The van der Waals surface area contributed by atoms with Gasteiger partial charge in [-0.1, -0.05) is 11.6 Å². The zero-order valence-corrected chi connectivity index (χ0v) is 10.5. The number of carboxylic acid groups (broad SMARTS) is 1. The van der Waals surface area contributed by atoms with Crippen LogP contribution in [0.3, 0.4) is 0 Å². The quantitative estimate of drug-likeness (QED) is 0.899. The molecule has 1 N–H and O–H groups in total. The number of aromatic nitrogens is 4. The molecule has 0 saturated heterocycles. The van der Waals surface area contributed by atoms with E-state index in [0.717, 1.165) is 18.5 Å². The fourth-order valence-corrected chi connectivity index (χ4v) is 2.61. The molecule has 100 valence electrons. The van der Waals surface area contributed by atoms with Crippen molar-refractivity contribution in [1.82, 2.24) is 19.7 Å². The van der Waals surface area contributed by atoms with E-state index in [1.54, 1.807) is 17.1 Å². The summed E-state index contributed by atoms with van der Waals surface area (Å²) >= 11 is 0. The average Bonchev–Trinajstić information content (AvgIpc) is 3.06. The summed E-state index contributed by atoms with van der Waals surface area (Å²) in [5, 5.41) is 13.1. The lowest BCUT2D eigenvalue weighted by molar-refractivity contribution is -0.142. The molecule has 2 aromatic rings. The maximum Gasteiger partial charge on any atom is 0.307 e. The molecule has 2 heterocycles. The van der Waals surface area contributed by atoms with E-state index in [2.05, 4.69) is 15.1 Å². The maximum absolute atomic E-state index is 11.2. The van der Waals surface area contributed by atoms with E-state index in [-0.39, 0.29) is 5.92 Å². The zero-order valence-electron chi connectivity index (χ0n) is 10.5. The Morgan fingerprint density at radius 1 is 1.53 bits per heavy atom. The van der Waals surface area contributed by atoms with Crippen LogP contribution in [-0.4, -0.2) is 30.8 Å². The Bertz CT molecular complexity index is 604. The van der Waals surface area contributed by atoms with Crippen LogP contribution in [0.1, 0.15) is 31.1 Å². The van der Waals surface area contributed by atoms with Crippen molar-refractivity contribution in [2.45, 2.75) is 25.2 Å². The summed E-state index contributed by atoms with van der Waals surface area (Å²) in [5.74, 6) is -0.512. The summed E-state index contributed by atoms with van der Waals surface area (Å²) in [6.07, 6.45) is 5.64. The van der Waals surface area contributed by atoms with Crippen LogP contribution in [0.4, 0.5) is 0 Å². The zero-order chi connectivity index (χ0) is 13.4. The van der Waals surface area contributed by atoms with Crippen LogP contribution in [0.25, 0.3) is 11.5 Å². The Balaban J connectivity index is 1.89. The smallest absolute Gasteiger partial charge is 0.307 e. The van der Waals surface area contributed by atoms with Crippen molar-refractivity contribution >= 4 is 5.97 Å². The van der Waals surface area contributed by atoms with E-state index in [1.165, 1.54) is 0 Å². The van der Waals surface area contributed by atoms with Gasteiger partial charge in [0.2, 0.25) is 11.7 Å². The van der Waals surface area contributed by atoms with Crippen molar-refractivity contribution < 1.29 is 14.4 Å². The molecule has 0 aliphatic heterocycles. The SMILES string of the molecule is Cn1cncc1-c1noc(C2CCCC2C(=O)O)n1. The van der Waals surface area contributed by atoms with Crippen LogP contribution in [0.15, 0.2) is 17.0 Å². The van der Waals surface area contributed by atoms with E-state index in [1.807, 2.05) is 7.05 Å². The molecule has 2 atom stereocenters. The third-order valence-corrected chi connectivity index (χ3v) is 3.64. The molecule has 0 amide bonds. The molecule has 1 saturated carbocycles. The fourth-order valence-electron chi connectivity index (χ4n) is 2.61. The molecule has 1 aliphatic carbocycles. The van der Waals surface area contributed by atoms with Crippen LogP contribution in [-0.2, 0) is 11.8 Å². The first-order valence-electron chi connectivity index (χ1n) is 6.20. The second-order valence-corrected chi connectivity index (χ2v) is 4.83. The van der Waals surface area contributed by atoms with E-state index in [9.17, 15) is 9.90 Å². The molecule has 7 heteroatoms. The van der Waals surface area contributed by atoms with E-state index >= 15 is 0 Å². The van der Waals surface area contributed by atoms with Gasteiger partial charge in [-0.15, -0.1) is 0 Å². The normalized spacial score (nSPS) is 22.8. The number of aliphatic carboxylic acids is 1. The highest BCUT2D eigenvalue weighted by Gasteiger charge is 2.37. The molecule has 0 aromatic carbocycles. The number of carboxylic acids is 1. The number of nitrogens with zero attached hydrogens (tertiary/aromatic N) is 4. The van der Waals surface area contributed by atoms with Crippen molar-refractivity contribution in [3.8, 4) is 11.5 Å². The van der Waals surface area contributed by atoms with Gasteiger partial charge in [-0.2, -0.15) is 4.98 Å². The summed E-state index contributed by atoms with van der Waals surface area (Å²) < 4.78 is 7.03. The lowest BCUT2D eigenvalue weighted by Crippen LogP contribution is -2.17. The van der Waals surface area contributed by atoms with Crippen LogP contribution in [0.5, 0.6) is 0 Å². The molecule has 1 aliphatic rings. The van der Waals surface area contributed by atoms with Gasteiger partial charge < -0.3 is 14.2 Å². The van der Waals surface area contributed by atoms with Gasteiger partial charge >= 0.3 is 5.97 Å². The molecule has 2 unspecified atom stereocenters. The van der Waals surface area contributed by atoms with E-state index in [0.29, 0.717) is 18.1 Å². The minimum absolute atomic E-state index is 0.174. The predicted octanol–water partition coefficient (Wildman–Crippen LogP) is 1.44. The van der Waals surface area contributed by atoms with Crippen LogP contribution in [0, 0.1) is 5.92 Å². The summed E-state index contributed by atoms with van der Waals surface area (Å²) in [6, 6.07) is 0. The highest BCUT2D eigenvalue weighted by Crippen LogP contribution is 2.39. The molecule has 0 bridgehead atoms. The van der Waals surface area contributed by atoms with Gasteiger partial charge in [0.1, 0.15) is 5.69 Å². The molecular weight excluding hydrogens is 248 g/mol. The summed E-state index contributed by atoms with van der Waals surface area (Å²) in [4.78, 5) is 19.5. The molecule has 19 heavy (non-hydrogen) atoms. The Morgan fingerprint density at radius 3 is 3.05 bits per heavy atom. The van der Waals surface area contributed by atoms with Crippen molar-refractivity contribution in [3.63, 3.8) is 0 Å². The highest BCUT2D eigenvalue weighted by molar-refractivity contribution is 5.71. The Hall–Kier alpha value is -2.18. The van der Waals surface area contributed by atoms with Gasteiger partial charge in [-0.25, -0.2) is 4.98 Å². The van der Waals surface area contributed by atoms with Crippen molar-refractivity contribution in [3.05, 3.63) is 18.4 Å². The minimum Gasteiger partial charge on any atom is -0.481 e. The van der Waals surface area contributed by atoms with Crippen LogP contribution in [0.2, 0.25) is 0 Å². The summed E-state index contributed by atoms with van der Waals surface area (Å²) in [5.41, 5.74) is 0.750. The third kappa shape index (κ3) is 2.00. The van der Waals surface area contributed by atoms with Gasteiger partial charge in [-0.3, -0.25) is 4.79 Å². The number of hydrogen-bond donors (Lipinski definition) is 1. The largest absolute Gasteiger partial charge is 0.481 e. The Kier molecular flexibility index (Phi) is 2.81. The van der Waals surface area contributed by atoms with E-state index < -0.39 is 11.9 Å². The third-order valence-electron chi connectivity index (χ3n) is 3.64. The number of carbonyl (C=O) groups is 1.